The van der Waals surface area contributed by atoms with E-state index in [1.54, 1.807) is 13.2 Å². The molecule has 2 amide bonds. The van der Waals surface area contributed by atoms with Gasteiger partial charge in [-0.2, -0.15) is 0 Å². The van der Waals surface area contributed by atoms with E-state index in [1.165, 1.54) is 16.2 Å². The fourth-order valence-corrected chi connectivity index (χ4v) is 4.01. The molecule has 4 rings (SSSR count). The first-order valence-electron chi connectivity index (χ1n) is 9.18. The maximum absolute atomic E-state index is 13.2. The van der Waals surface area contributed by atoms with Gasteiger partial charge in [0.1, 0.15) is 11.4 Å². The summed E-state index contributed by atoms with van der Waals surface area (Å²) in [6, 6.07) is 18.9. The highest BCUT2D eigenvalue weighted by Crippen LogP contribution is 2.35. The van der Waals surface area contributed by atoms with Gasteiger partial charge in [-0.25, -0.2) is 0 Å². The van der Waals surface area contributed by atoms with Gasteiger partial charge in [-0.15, -0.1) is 11.3 Å². The number of anilines is 1. The van der Waals surface area contributed by atoms with E-state index in [9.17, 15) is 9.59 Å². The summed E-state index contributed by atoms with van der Waals surface area (Å²) in [4.78, 5) is 28.5. The monoisotopic (exact) mass is 404 g/mol. The average molecular weight is 404 g/mol. The third kappa shape index (κ3) is 3.67. The van der Waals surface area contributed by atoms with Crippen LogP contribution in [0.3, 0.4) is 0 Å². The number of carbonyl (C=O) groups is 2. The lowest BCUT2D eigenvalue weighted by atomic mass is 10.1. The van der Waals surface area contributed by atoms with Gasteiger partial charge >= 0.3 is 0 Å². The number of benzene rings is 2. The zero-order chi connectivity index (χ0) is 20.4. The first-order valence-corrected chi connectivity index (χ1v) is 10.1. The molecule has 146 valence electrons. The Labute approximate surface area is 173 Å². The van der Waals surface area contributed by atoms with Crippen LogP contribution in [0.2, 0.25) is 0 Å². The number of methoxy groups -OCH3 is 1. The van der Waals surface area contributed by atoms with Gasteiger partial charge in [0.25, 0.3) is 11.8 Å². The molecule has 0 radical (unpaired) electrons. The van der Waals surface area contributed by atoms with Gasteiger partial charge in [-0.1, -0.05) is 48.0 Å². The maximum atomic E-state index is 13.2. The molecule has 0 saturated carbocycles. The first-order chi connectivity index (χ1) is 14.1. The molecule has 2 heterocycles. The van der Waals surface area contributed by atoms with Crippen LogP contribution in [0.25, 0.3) is 5.57 Å². The highest BCUT2D eigenvalue weighted by atomic mass is 32.1. The minimum absolute atomic E-state index is 0.226. The summed E-state index contributed by atoms with van der Waals surface area (Å²) < 4.78 is 5.39. The van der Waals surface area contributed by atoms with Gasteiger partial charge in [0.2, 0.25) is 0 Å². The fraction of sp³-hybridized carbons (Fsp3) is 0.130. The van der Waals surface area contributed by atoms with Crippen molar-refractivity contribution in [3.8, 4) is 5.75 Å². The van der Waals surface area contributed by atoms with E-state index in [0.29, 0.717) is 17.0 Å². The SMILES string of the molecule is COc1ccccc1NC1=C(c2cccs2)C(=O)N(Cc2ccc(C)cc2)C1=O. The molecule has 0 unspecified atom stereocenters. The number of thiophene rings is 1. The number of hydrogen-bond donors (Lipinski definition) is 1. The van der Waals surface area contributed by atoms with Crippen molar-refractivity contribution in [1.29, 1.82) is 0 Å². The molecule has 3 aromatic rings. The minimum Gasteiger partial charge on any atom is -0.495 e. The van der Waals surface area contributed by atoms with Crippen LogP contribution in [-0.4, -0.2) is 23.8 Å². The minimum atomic E-state index is -0.343. The molecular weight excluding hydrogens is 384 g/mol. The van der Waals surface area contributed by atoms with Crippen LogP contribution >= 0.6 is 11.3 Å². The standard InChI is InChI=1S/C23H20N2O3S/c1-15-9-11-16(12-10-15)14-25-22(26)20(19-8-5-13-29-19)21(23(25)27)24-17-6-3-4-7-18(17)28-2/h3-13,24H,14H2,1-2H3. The Kier molecular flexibility index (Phi) is 5.18. The van der Waals surface area contributed by atoms with E-state index < -0.39 is 0 Å². The molecule has 0 fully saturated rings. The van der Waals surface area contributed by atoms with Crippen molar-refractivity contribution >= 4 is 34.4 Å². The van der Waals surface area contributed by atoms with E-state index in [1.807, 2.05) is 66.9 Å². The zero-order valence-corrected chi connectivity index (χ0v) is 17.0. The number of nitrogens with zero attached hydrogens (tertiary/aromatic N) is 1. The van der Waals surface area contributed by atoms with E-state index in [0.717, 1.165) is 16.0 Å². The summed E-state index contributed by atoms with van der Waals surface area (Å²) in [7, 11) is 1.57. The van der Waals surface area contributed by atoms with Crippen LogP contribution in [0.4, 0.5) is 5.69 Å². The van der Waals surface area contributed by atoms with Crippen LogP contribution in [0.15, 0.2) is 71.7 Å². The number of carbonyl (C=O) groups excluding carboxylic acids is 2. The normalized spacial score (nSPS) is 13.9. The van der Waals surface area contributed by atoms with Crippen molar-refractivity contribution in [2.75, 3.05) is 12.4 Å². The molecule has 29 heavy (non-hydrogen) atoms. The van der Waals surface area contributed by atoms with Crippen LogP contribution in [-0.2, 0) is 16.1 Å². The molecule has 0 aliphatic carbocycles. The lowest BCUT2D eigenvalue weighted by molar-refractivity contribution is -0.137. The Balaban J connectivity index is 1.72. The number of rotatable bonds is 6. The largest absolute Gasteiger partial charge is 0.495 e. The Morgan fingerprint density at radius 1 is 0.966 bits per heavy atom. The number of ether oxygens (including phenoxy) is 1. The van der Waals surface area contributed by atoms with E-state index in [2.05, 4.69) is 5.32 Å². The summed E-state index contributed by atoms with van der Waals surface area (Å²) in [6.45, 7) is 2.23. The van der Waals surface area contributed by atoms with Gasteiger partial charge in [0, 0.05) is 4.88 Å². The van der Waals surface area contributed by atoms with Crippen molar-refractivity contribution in [2.24, 2.45) is 0 Å². The molecule has 1 aliphatic heterocycles. The van der Waals surface area contributed by atoms with Crippen molar-refractivity contribution in [2.45, 2.75) is 13.5 Å². The third-order valence-electron chi connectivity index (χ3n) is 4.76. The van der Waals surface area contributed by atoms with Crippen LogP contribution in [0.1, 0.15) is 16.0 Å². The summed E-state index contributed by atoms with van der Waals surface area (Å²) >= 11 is 1.43. The van der Waals surface area contributed by atoms with Gasteiger partial charge in [0.15, 0.2) is 0 Å². The van der Waals surface area contributed by atoms with Crippen LogP contribution < -0.4 is 10.1 Å². The summed E-state index contributed by atoms with van der Waals surface area (Å²) in [5.41, 5.74) is 3.33. The number of aryl methyl sites for hydroxylation is 1. The predicted molar refractivity (Wildman–Crippen MR) is 115 cm³/mol. The van der Waals surface area contributed by atoms with E-state index in [4.69, 9.17) is 4.74 Å². The molecule has 0 saturated heterocycles. The van der Waals surface area contributed by atoms with Crippen LogP contribution in [0, 0.1) is 6.92 Å². The summed E-state index contributed by atoms with van der Waals surface area (Å²) in [5.74, 6) is -0.0388. The number of nitrogens with one attached hydrogen (secondary N) is 1. The maximum Gasteiger partial charge on any atom is 0.278 e. The van der Waals surface area contributed by atoms with Gasteiger partial charge < -0.3 is 10.1 Å². The zero-order valence-electron chi connectivity index (χ0n) is 16.1. The molecule has 1 N–H and O–H groups in total. The Morgan fingerprint density at radius 2 is 1.72 bits per heavy atom. The quantitative estimate of drug-likeness (QED) is 0.617. The Bertz CT molecular complexity index is 1090. The van der Waals surface area contributed by atoms with Crippen molar-refractivity contribution in [3.05, 3.63) is 87.7 Å². The highest BCUT2D eigenvalue weighted by Gasteiger charge is 2.39. The lowest BCUT2D eigenvalue weighted by Crippen LogP contribution is -2.32. The second kappa shape index (κ2) is 7.93. The molecular formula is C23H20N2O3S. The fourth-order valence-electron chi connectivity index (χ4n) is 3.24. The molecule has 0 atom stereocenters. The second-order valence-corrected chi connectivity index (χ2v) is 7.68. The number of hydrogen-bond acceptors (Lipinski definition) is 5. The molecule has 1 aliphatic rings. The van der Waals surface area contributed by atoms with Gasteiger partial charge in [-0.05, 0) is 36.1 Å². The van der Waals surface area contributed by atoms with E-state index >= 15 is 0 Å². The Hall–Kier alpha value is -3.38. The predicted octanol–water partition coefficient (Wildman–Crippen LogP) is 4.46. The first kappa shape index (κ1) is 19.0. The number of amides is 2. The van der Waals surface area contributed by atoms with Crippen molar-refractivity contribution < 1.29 is 14.3 Å². The van der Waals surface area contributed by atoms with Crippen LogP contribution in [0.5, 0.6) is 5.75 Å². The van der Waals surface area contributed by atoms with E-state index in [-0.39, 0.29) is 24.1 Å². The molecule has 6 heteroatoms. The summed E-state index contributed by atoms with van der Waals surface area (Å²) in [5, 5.41) is 5.05. The molecule has 0 spiro atoms. The lowest BCUT2D eigenvalue weighted by Gasteiger charge is -2.16. The molecule has 5 nitrogen and oxygen atoms in total. The molecule has 0 bridgehead atoms. The molecule has 2 aromatic carbocycles. The smallest absolute Gasteiger partial charge is 0.278 e. The van der Waals surface area contributed by atoms with Crippen molar-refractivity contribution in [3.63, 3.8) is 0 Å². The van der Waals surface area contributed by atoms with Gasteiger partial charge in [0.05, 0.1) is 24.9 Å². The number of imide groups is 1. The Morgan fingerprint density at radius 3 is 2.41 bits per heavy atom. The van der Waals surface area contributed by atoms with Crippen molar-refractivity contribution in [1.82, 2.24) is 4.90 Å². The van der Waals surface area contributed by atoms with Gasteiger partial charge in [-0.3, -0.25) is 14.5 Å². The highest BCUT2D eigenvalue weighted by molar-refractivity contribution is 7.11. The number of para-hydroxylation sites is 2. The molecule has 1 aromatic heterocycles. The third-order valence-corrected chi connectivity index (χ3v) is 5.65. The second-order valence-electron chi connectivity index (χ2n) is 6.73. The summed E-state index contributed by atoms with van der Waals surface area (Å²) in [6.07, 6.45) is 0. The topological polar surface area (TPSA) is 58.6 Å². The average Bonchev–Trinajstić information content (AvgIpc) is 3.33.